The number of rotatable bonds is 4. The van der Waals surface area contributed by atoms with Crippen molar-refractivity contribution in [1.29, 1.82) is 5.26 Å². The monoisotopic (exact) mass is 338 g/mol. The summed E-state index contributed by atoms with van der Waals surface area (Å²) in [5.41, 5.74) is 0.288. The minimum absolute atomic E-state index is 0.0373. The van der Waals surface area contributed by atoms with Gasteiger partial charge in [-0.05, 0) is 29.6 Å². The number of hydrogen-bond acceptors (Lipinski definition) is 5. The van der Waals surface area contributed by atoms with E-state index in [9.17, 15) is 14.0 Å². The largest absolute Gasteiger partial charge is 0.452 e. The number of amides is 1. The topological polar surface area (TPSA) is 79.2 Å². The van der Waals surface area contributed by atoms with Crippen molar-refractivity contribution in [2.75, 3.05) is 11.9 Å². The van der Waals surface area contributed by atoms with Crippen LogP contribution in [0.4, 0.5) is 9.39 Å². The van der Waals surface area contributed by atoms with Crippen LogP contribution in [-0.2, 0) is 9.53 Å². The van der Waals surface area contributed by atoms with Crippen molar-refractivity contribution in [3.8, 4) is 6.07 Å². The van der Waals surface area contributed by atoms with E-state index in [1.54, 1.807) is 11.4 Å². The molecule has 0 aliphatic rings. The average molecular weight is 339 g/mol. The fraction of sp³-hybridized carbons (Fsp3) is 0.0714. The van der Waals surface area contributed by atoms with Gasteiger partial charge < -0.3 is 10.1 Å². The van der Waals surface area contributed by atoms with Crippen LogP contribution in [0.25, 0.3) is 0 Å². The molecule has 0 atom stereocenters. The summed E-state index contributed by atoms with van der Waals surface area (Å²) in [7, 11) is 0. The van der Waals surface area contributed by atoms with E-state index in [0.717, 1.165) is 12.1 Å². The van der Waals surface area contributed by atoms with Gasteiger partial charge in [-0.2, -0.15) is 5.26 Å². The predicted octanol–water partition coefficient (Wildman–Crippen LogP) is 3.21. The van der Waals surface area contributed by atoms with Gasteiger partial charge in [0, 0.05) is 0 Å². The fourth-order valence-electron chi connectivity index (χ4n) is 1.52. The van der Waals surface area contributed by atoms with Crippen molar-refractivity contribution in [3.63, 3.8) is 0 Å². The molecule has 1 N–H and O–H groups in total. The summed E-state index contributed by atoms with van der Waals surface area (Å²) < 4.78 is 17.7. The second-order valence-electron chi connectivity index (χ2n) is 4.02. The SMILES string of the molecule is N#Cc1ccsc1NC(=O)COC(=O)c1ccc(F)cc1Cl. The van der Waals surface area contributed by atoms with E-state index in [1.165, 1.54) is 17.4 Å². The maximum atomic E-state index is 12.9. The van der Waals surface area contributed by atoms with Gasteiger partial charge in [0.25, 0.3) is 5.91 Å². The Morgan fingerprint density at radius 1 is 1.41 bits per heavy atom. The number of ether oxygens (including phenoxy) is 1. The average Bonchev–Trinajstić information content (AvgIpc) is 2.92. The number of esters is 1. The van der Waals surface area contributed by atoms with Crippen molar-refractivity contribution in [3.05, 3.63) is 51.6 Å². The third-order valence-corrected chi connectivity index (χ3v) is 3.67. The number of halogens is 2. The first-order valence-corrected chi connectivity index (χ1v) is 7.16. The number of benzene rings is 1. The minimum Gasteiger partial charge on any atom is -0.452 e. The number of nitriles is 1. The Bertz CT molecular complexity index is 770. The van der Waals surface area contributed by atoms with E-state index >= 15 is 0 Å². The predicted molar refractivity (Wildman–Crippen MR) is 79.4 cm³/mol. The van der Waals surface area contributed by atoms with Gasteiger partial charge in [-0.15, -0.1) is 11.3 Å². The molecule has 0 aliphatic heterocycles. The molecule has 0 saturated heterocycles. The molecule has 2 rings (SSSR count). The van der Waals surface area contributed by atoms with E-state index in [0.29, 0.717) is 10.6 Å². The van der Waals surface area contributed by atoms with Gasteiger partial charge in [0.1, 0.15) is 16.9 Å². The Labute approximate surface area is 133 Å². The first kappa shape index (κ1) is 15.9. The van der Waals surface area contributed by atoms with Crippen LogP contribution >= 0.6 is 22.9 Å². The molecule has 1 amide bonds. The Morgan fingerprint density at radius 3 is 2.86 bits per heavy atom. The lowest BCUT2D eigenvalue weighted by molar-refractivity contribution is -0.119. The third kappa shape index (κ3) is 3.81. The van der Waals surface area contributed by atoms with Gasteiger partial charge in [0.15, 0.2) is 6.61 Å². The number of carbonyl (C=O) groups excluding carboxylic acids is 2. The van der Waals surface area contributed by atoms with Gasteiger partial charge in [0.2, 0.25) is 0 Å². The summed E-state index contributed by atoms with van der Waals surface area (Å²) in [4.78, 5) is 23.4. The first-order chi connectivity index (χ1) is 10.5. The van der Waals surface area contributed by atoms with Crippen LogP contribution in [0.1, 0.15) is 15.9 Å². The van der Waals surface area contributed by atoms with Crippen LogP contribution in [0, 0.1) is 17.1 Å². The number of carbonyl (C=O) groups is 2. The molecule has 0 spiro atoms. The minimum atomic E-state index is -0.841. The van der Waals surface area contributed by atoms with Gasteiger partial charge in [0.05, 0.1) is 16.1 Å². The molecule has 0 unspecified atom stereocenters. The molecular weight excluding hydrogens is 331 g/mol. The normalized spacial score (nSPS) is 9.86. The van der Waals surface area contributed by atoms with E-state index in [4.69, 9.17) is 21.6 Å². The zero-order chi connectivity index (χ0) is 16.1. The summed E-state index contributed by atoms with van der Waals surface area (Å²) in [6.07, 6.45) is 0. The fourth-order valence-corrected chi connectivity index (χ4v) is 2.52. The molecular formula is C14H8ClFN2O3S. The summed E-state index contributed by atoms with van der Waals surface area (Å²) in [6.45, 7) is -0.546. The molecule has 8 heteroatoms. The van der Waals surface area contributed by atoms with Crippen LogP contribution in [0.15, 0.2) is 29.6 Å². The zero-order valence-corrected chi connectivity index (χ0v) is 12.5. The number of anilines is 1. The maximum absolute atomic E-state index is 12.9. The lowest BCUT2D eigenvalue weighted by Gasteiger charge is -2.06. The molecule has 2 aromatic rings. The van der Waals surface area contributed by atoms with Gasteiger partial charge in [-0.1, -0.05) is 11.6 Å². The van der Waals surface area contributed by atoms with Gasteiger partial charge in [-0.25, -0.2) is 9.18 Å². The molecule has 1 aromatic heterocycles. The van der Waals surface area contributed by atoms with Gasteiger partial charge >= 0.3 is 5.97 Å². The lowest BCUT2D eigenvalue weighted by atomic mass is 10.2. The van der Waals surface area contributed by atoms with Crippen LogP contribution in [0.3, 0.4) is 0 Å². The quantitative estimate of drug-likeness (QED) is 0.868. The maximum Gasteiger partial charge on any atom is 0.340 e. The Hall–Kier alpha value is -2.43. The number of nitrogens with zero attached hydrogens (tertiary/aromatic N) is 1. The Balaban J connectivity index is 1.94. The smallest absolute Gasteiger partial charge is 0.340 e. The van der Waals surface area contributed by atoms with E-state index < -0.39 is 24.3 Å². The van der Waals surface area contributed by atoms with Gasteiger partial charge in [-0.3, -0.25) is 4.79 Å². The van der Waals surface area contributed by atoms with Crippen molar-refractivity contribution in [2.24, 2.45) is 0 Å². The highest BCUT2D eigenvalue weighted by atomic mass is 35.5. The third-order valence-electron chi connectivity index (χ3n) is 2.52. The standard InChI is InChI=1S/C14H8ClFN2O3S/c15-11-5-9(16)1-2-10(11)14(20)21-7-12(19)18-13-8(6-17)3-4-22-13/h1-5H,7H2,(H,18,19). The zero-order valence-electron chi connectivity index (χ0n) is 10.9. The molecule has 112 valence electrons. The summed E-state index contributed by atoms with van der Waals surface area (Å²) in [6, 6.07) is 6.69. The molecule has 1 aromatic carbocycles. The second-order valence-corrected chi connectivity index (χ2v) is 5.35. The molecule has 1 heterocycles. The van der Waals surface area contributed by atoms with Crippen molar-refractivity contribution >= 4 is 39.8 Å². The van der Waals surface area contributed by atoms with Crippen LogP contribution in [0.2, 0.25) is 5.02 Å². The van der Waals surface area contributed by atoms with Crippen molar-refractivity contribution in [2.45, 2.75) is 0 Å². The number of thiophene rings is 1. The summed E-state index contributed by atoms with van der Waals surface area (Å²) in [5.74, 6) is -2.02. The molecule has 0 aliphatic carbocycles. The van der Waals surface area contributed by atoms with Crippen LogP contribution in [-0.4, -0.2) is 18.5 Å². The molecule has 0 saturated carbocycles. The van der Waals surface area contributed by atoms with E-state index in [-0.39, 0.29) is 10.6 Å². The molecule has 22 heavy (non-hydrogen) atoms. The number of nitrogens with one attached hydrogen (secondary N) is 1. The molecule has 0 radical (unpaired) electrons. The van der Waals surface area contributed by atoms with Crippen LogP contribution in [0.5, 0.6) is 0 Å². The van der Waals surface area contributed by atoms with Crippen molar-refractivity contribution in [1.82, 2.24) is 0 Å². The Morgan fingerprint density at radius 2 is 2.18 bits per heavy atom. The highest BCUT2D eigenvalue weighted by molar-refractivity contribution is 7.14. The van der Waals surface area contributed by atoms with E-state index in [2.05, 4.69) is 5.32 Å². The molecule has 0 fully saturated rings. The number of hydrogen-bond donors (Lipinski definition) is 1. The second kappa shape index (κ2) is 7.02. The van der Waals surface area contributed by atoms with Crippen LogP contribution < -0.4 is 5.32 Å². The Kier molecular flexibility index (Phi) is 5.09. The highest BCUT2D eigenvalue weighted by Crippen LogP contribution is 2.22. The lowest BCUT2D eigenvalue weighted by Crippen LogP contribution is -2.21. The first-order valence-electron chi connectivity index (χ1n) is 5.91. The summed E-state index contributed by atoms with van der Waals surface area (Å²) in [5, 5.41) is 13.2. The highest BCUT2D eigenvalue weighted by Gasteiger charge is 2.15. The van der Waals surface area contributed by atoms with Crippen molar-refractivity contribution < 1.29 is 18.7 Å². The molecule has 5 nitrogen and oxygen atoms in total. The molecule has 0 bridgehead atoms. The van der Waals surface area contributed by atoms with E-state index in [1.807, 2.05) is 6.07 Å². The summed E-state index contributed by atoms with van der Waals surface area (Å²) >= 11 is 6.90.